The van der Waals surface area contributed by atoms with Crippen molar-refractivity contribution in [3.8, 4) is 0 Å². The zero-order valence-corrected chi connectivity index (χ0v) is 14.4. The number of amides is 1. The molecule has 1 amide bonds. The highest BCUT2D eigenvalue weighted by atomic mass is 16.2. The van der Waals surface area contributed by atoms with Gasteiger partial charge >= 0.3 is 0 Å². The Kier molecular flexibility index (Phi) is 13.1. The van der Waals surface area contributed by atoms with E-state index in [1.54, 1.807) is 6.92 Å². The first kappa shape index (κ1) is 19.5. The van der Waals surface area contributed by atoms with Crippen LogP contribution < -0.4 is 0 Å². The maximum atomic E-state index is 11.5. The summed E-state index contributed by atoms with van der Waals surface area (Å²) in [5.41, 5.74) is 0. The van der Waals surface area contributed by atoms with E-state index >= 15 is 0 Å². The van der Waals surface area contributed by atoms with E-state index in [-0.39, 0.29) is 5.91 Å². The van der Waals surface area contributed by atoms with Crippen LogP contribution in [0.2, 0.25) is 0 Å². The number of carbonyl (C=O) groups is 1. The first-order valence-corrected chi connectivity index (χ1v) is 8.87. The minimum atomic E-state index is 0.242. The van der Waals surface area contributed by atoms with Gasteiger partial charge in [0.25, 0.3) is 0 Å². The molecule has 0 aliphatic heterocycles. The highest BCUT2D eigenvalue weighted by molar-refractivity contribution is 5.73. The van der Waals surface area contributed by atoms with Crippen molar-refractivity contribution in [3.05, 3.63) is 0 Å². The maximum absolute atomic E-state index is 11.5. The lowest BCUT2D eigenvalue weighted by atomic mass is 9.98. The molecule has 0 aromatic carbocycles. The summed E-state index contributed by atoms with van der Waals surface area (Å²) in [4.78, 5) is 13.5. The first-order chi connectivity index (χ1) is 9.61. The Morgan fingerprint density at radius 1 is 0.850 bits per heavy atom. The largest absolute Gasteiger partial charge is 0.343 e. The van der Waals surface area contributed by atoms with Gasteiger partial charge in [-0.25, -0.2) is 0 Å². The molecule has 0 aliphatic carbocycles. The molecule has 20 heavy (non-hydrogen) atoms. The predicted octanol–water partition coefficient (Wildman–Crippen LogP) is 5.41. The van der Waals surface area contributed by atoms with Gasteiger partial charge in [-0.2, -0.15) is 0 Å². The van der Waals surface area contributed by atoms with Crippen LogP contribution >= 0.6 is 0 Å². The minimum absolute atomic E-state index is 0.242. The van der Waals surface area contributed by atoms with Crippen LogP contribution in [-0.2, 0) is 4.79 Å². The van der Waals surface area contributed by atoms with E-state index in [9.17, 15) is 4.79 Å². The van der Waals surface area contributed by atoms with Crippen LogP contribution in [0.1, 0.15) is 91.9 Å². The summed E-state index contributed by atoms with van der Waals surface area (Å²) >= 11 is 0. The van der Waals surface area contributed by atoms with Gasteiger partial charge in [-0.15, -0.1) is 0 Å². The van der Waals surface area contributed by atoms with E-state index in [4.69, 9.17) is 0 Å². The van der Waals surface area contributed by atoms with Crippen molar-refractivity contribution in [1.29, 1.82) is 0 Å². The van der Waals surface area contributed by atoms with Crippen molar-refractivity contribution in [3.63, 3.8) is 0 Å². The van der Waals surface area contributed by atoms with Crippen LogP contribution in [0.25, 0.3) is 0 Å². The topological polar surface area (TPSA) is 20.3 Å². The number of unbranched alkanes of at least 4 members (excludes halogenated alkanes) is 5. The Morgan fingerprint density at radius 3 is 2.05 bits per heavy atom. The third kappa shape index (κ3) is 11.3. The van der Waals surface area contributed by atoms with E-state index < -0.39 is 0 Å². The van der Waals surface area contributed by atoms with Crippen LogP contribution in [0.4, 0.5) is 0 Å². The molecular weight excluding hydrogens is 246 g/mol. The average Bonchev–Trinajstić information content (AvgIpc) is 2.40. The fourth-order valence-corrected chi connectivity index (χ4v) is 2.74. The molecular formula is C18H37NO. The van der Waals surface area contributed by atoms with Gasteiger partial charge in [-0.3, -0.25) is 4.79 Å². The van der Waals surface area contributed by atoms with Gasteiger partial charge < -0.3 is 4.90 Å². The highest BCUT2D eigenvalue weighted by Gasteiger charge is 2.06. The van der Waals surface area contributed by atoms with Crippen LogP contribution in [-0.4, -0.2) is 23.9 Å². The Balaban J connectivity index is 3.47. The van der Waals surface area contributed by atoms with Crippen molar-refractivity contribution < 1.29 is 4.79 Å². The van der Waals surface area contributed by atoms with Crippen molar-refractivity contribution in [2.45, 2.75) is 91.9 Å². The zero-order chi connectivity index (χ0) is 15.2. The second-order valence-corrected chi connectivity index (χ2v) is 6.31. The molecule has 0 aliphatic rings. The fraction of sp³-hybridized carbons (Fsp3) is 0.944. The lowest BCUT2D eigenvalue weighted by molar-refractivity contribution is -0.129. The Bertz CT molecular complexity index is 227. The van der Waals surface area contributed by atoms with E-state index in [0.717, 1.165) is 25.4 Å². The highest BCUT2D eigenvalue weighted by Crippen LogP contribution is 2.15. The Hall–Kier alpha value is -0.530. The molecule has 0 spiro atoms. The normalized spacial score (nSPS) is 12.4. The van der Waals surface area contributed by atoms with Crippen LogP contribution in [0, 0.1) is 5.92 Å². The van der Waals surface area contributed by atoms with Crippen molar-refractivity contribution in [2.75, 3.05) is 13.1 Å². The Labute approximate surface area is 127 Å². The zero-order valence-electron chi connectivity index (χ0n) is 14.4. The molecule has 2 heteroatoms. The molecule has 0 heterocycles. The molecule has 2 nitrogen and oxygen atoms in total. The fourth-order valence-electron chi connectivity index (χ4n) is 2.74. The lowest BCUT2D eigenvalue weighted by Gasteiger charge is -2.20. The second kappa shape index (κ2) is 13.5. The van der Waals surface area contributed by atoms with Gasteiger partial charge in [0.2, 0.25) is 5.91 Å². The molecule has 0 N–H and O–H groups in total. The molecule has 0 aromatic rings. The minimum Gasteiger partial charge on any atom is -0.343 e. The summed E-state index contributed by atoms with van der Waals surface area (Å²) in [6, 6.07) is 0. The molecule has 0 fully saturated rings. The van der Waals surface area contributed by atoms with Crippen molar-refractivity contribution in [1.82, 2.24) is 4.90 Å². The lowest BCUT2D eigenvalue weighted by Crippen LogP contribution is -2.30. The van der Waals surface area contributed by atoms with E-state index in [0.29, 0.717) is 0 Å². The summed E-state index contributed by atoms with van der Waals surface area (Å²) in [5.74, 6) is 1.15. The molecule has 1 unspecified atom stereocenters. The molecule has 0 saturated heterocycles. The van der Waals surface area contributed by atoms with Gasteiger partial charge in [0.05, 0.1) is 0 Å². The van der Waals surface area contributed by atoms with Crippen LogP contribution in [0.3, 0.4) is 0 Å². The second-order valence-electron chi connectivity index (χ2n) is 6.31. The van der Waals surface area contributed by atoms with Crippen molar-refractivity contribution >= 4 is 5.91 Å². The average molecular weight is 283 g/mol. The summed E-state index contributed by atoms with van der Waals surface area (Å²) in [6.07, 6.45) is 12.9. The molecule has 1 atom stereocenters. The monoisotopic (exact) mass is 283 g/mol. The quantitative estimate of drug-likeness (QED) is 0.414. The molecule has 0 bridgehead atoms. The number of rotatable bonds is 13. The first-order valence-electron chi connectivity index (χ1n) is 8.87. The molecule has 120 valence electrons. The van der Waals surface area contributed by atoms with Gasteiger partial charge in [0, 0.05) is 20.0 Å². The smallest absolute Gasteiger partial charge is 0.219 e. The van der Waals surface area contributed by atoms with E-state index in [1.807, 2.05) is 4.90 Å². The van der Waals surface area contributed by atoms with Crippen LogP contribution in [0.5, 0.6) is 0 Å². The molecule has 0 rings (SSSR count). The van der Waals surface area contributed by atoms with Gasteiger partial charge in [-0.1, -0.05) is 72.1 Å². The third-order valence-corrected chi connectivity index (χ3v) is 4.13. The Morgan fingerprint density at radius 2 is 1.45 bits per heavy atom. The van der Waals surface area contributed by atoms with Gasteiger partial charge in [-0.05, 0) is 18.8 Å². The summed E-state index contributed by atoms with van der Waals surface area (Å²) in [7, 11) is 0. The summed E-state index contributed by atoms with van der Waals surface area (Å²) in [6.45, 7) is 10.4. The van der Waals surface area contributed by atoms with Gasteiger partial charge in [0.1, 0.15) is 0 Å². The maximum Gasteiger partial charge on any atom is 0.219 e. The summed E-state index contributed by atoms with van der Waals surface area (Å²) in [5, 5.41) is 0. The van der Waals surface area contributed by atoms with E-state index in [2.05, 4.69) is 20.8 Å². The molecule has 0 saturated carbocycles. The third-order valence-electron chi connectivity index (χ3n) is 4.13. The van der Waals surface area contributed by atoms with Crippen molar-refractivity contribution in [2.24, 2.45) is 5.92 Å². The number of nitrogens with zero attached hydrogens (tertiary/aromatic N) is 1. The molecule has 0 aromatic heterocycles. The number of hydrogen-bond acceptors (Lipinski definition) is 1. The number of carbonyl (C=O) groups excluding carboxylic acids is 1. The molecule has 0 radical (unpaired) electrons. The predicted molar refractivity (Wildman–Crippen MR) is 88.9 cm³/mol. The SMILES string of the molecule is CCCCN(CCCCCCCC(C)CCC)C(C)=O. The van der Waals surface area contributed by atoms with Crippen LogP contribution in [0.15, 0.2) is 0 Å². The summed E-state index contributed by atoms with van der Waals surface area (Å²) < 4.78 is 0. The number of hydrogen-bond donors (Lipinski definition) is 0. The standard InChI is InChI=1S/C18H37NO/c1-5-7-15-19(18(4)20)16-12-10-8-9-11-14-17(3)13-6-2/h17H,5-16H2,1-4H3. The van der Waals surface area contributed by atoms with E-state index in [1.165, 1.54) is 57.8 Å². The van der Waals surface area contributed by atoms with Gasteiger partial charge in [0.15, 0.2) is 0 Å².